The Labute approximate surface area is 293 Å². The normalized spacial score (nSPS) is 31.3. The van der Waals surface area contributed by atoms with Gasteiger partial charge in [-0.15, -0.1) is 0 Å². The first-order valence-electron chi connectivity index (χ1n) is 18.6. The molecule has 2 bridgehead atoms. The molecule has 2 aromatic carbocycles. The van der Waals surface area contributed by atoms with Crippen molar-refractivity contribution in [3.63, 3.8) is 0 Å². The van der Waals surface area contributed by atoms with Gasteiger partial charge in [-0.25, -0.2) is 0 Å². The van der Waals surface area contributed by atoms with Crippen molar-refractivity contribution in [1.82, 2.24) is 10.4 Å². The zero-order chi connectivity index (χ0) is 35.0. The highest BCUT2D eigenvalue weighted by Crippen LogP contribution is 2.61. The number of aryl methyl sites for hydroxylation is 1. The van der Waals surface area contributed by atoms with Crippen LogP contribution in [0.25, 0.3) is 11.1 Å². The maximum atomic E-state index is 14.2. The summed E-state index contributed by atoms with van der Waals surface area (Å²) in [5.41, 5.74) is 11.9. The summed E-state index contributed by atoms with van der Waals surface area (Å²) >= 11 is 0. The van der Waals surface area contributed by atoms with Crippen LogP contribution in [0.5, 0.6) is 5.75 Å². The van der Waals surface area contributed by atoms with Gasteiger partial charge in [-0.1, -0.05) is 45.0 Å². The number of carbonyl (C=O) groups excluding carboxylic acids is 1. The van der Waals surface area contributed by atoms with Crippen LogP contribution in [0, 0.1) is 29.1 Å². The van der Waals surface area contributed by atoms with Gasteiger partial charge < -0.3 is 30.5 Å². The number of carbonyl (C=O) groups is 1. The Bertz CT molecular complexity index is 1460. The maximum Gasteiger partial charge on any atom is 0.240 e. The van der Waals surface area contributed by atoms with Gasteiger partial charge >= 0.3 is 0 Å². The first-order valence-corrected chi connectivity index (χ1v) is 18.6. The molecule has 5 aliphatic rings. The van der Waals surface area contributed by atoms with Gasteiger partial charge in [0.25, 0.3) is 0 Å². The molecular weight excluding hydrogens is 616 g/mol. The molecule has 2 heterocycles. The fourth-order valence-electron chi connectivity index (χ4n) is 9.51. The average molecular weight is 677 g/mol. The number of nitrogens with one attached hydrogen (secondary N) is 1. The maximum absolute atomic E-state index is 14.2. The van der Waals surface area contributed by atoms with E-state index in [1.807, 2.05) is 12.1 Å². The summed E-state index contributed by atoms with van der Waals surface area (Å²) in [7, 11) is 5.85. The molecule has 3 aliphatic carbocycles. The number of methoxy groups -OCH3 is 1. The molecule has 0 unspecified atom stereocenters. The number of aliphatic hydroxyl groups is 1. The van der Waals surface area contributed by atoms with Crippen molar-refractivity contribution in [3.05, 3.63) is 47.5 Å². The number of aliphatic hydroxyl groups excluding tert-OH is 1. The fraction of sp³-hybridized carbons (Fsp3) is 0.675. The van der Waals surface area contributed by atoms with Gasteiger partial charge in [0.05, 0.1) is 32.0 Å². The van der Waals surface area contributed by atoms with Gasteiger partial charge in [-0.05, 0) is 98.3 Å². The smallest absolute Gasteiger partial charge is 0.240 e. The number of rotatable bonds is 13. The molecule has 7 rings (SSSR count). The molecule has 2 aromatic rings. The van der Waals surface area contributed by atoms with Gasteiger partial charge in [-0.2, -0.15) is 5.06 Å². The van der Waals surface area contributed by atoms with E-state index in [1.54, 1.807) is 19.1 Å². The first-order chi connectivity index (χ1) is 23.4. The van der Waals surface area contributed by atoms with E-state index in [4.69, 9.17) is 20.0 Å². The largest absolute Gasteiger partial charge is 0.496 e. The second kappa shape index (κ2) is 14.9. The van der Waals surface area contributed by atoms with Gasteiger partial charge in [-0.3, -0.25) is 9.63 Å². The number of hydroxylamine groups is 2. The van der Waals surface area contributed by atoms with Crippen LogP contribution in [-0.4, -0.2) is 80.8 Å². The molecule has 2 aliphatic heterocycles. The number of benzene rings is 2. The summed E-state index contributed by atoms with van der Waals surface area (Å²) in [5, 5.41) is 16.1. The third-order valence-electron chi connectivity index (χ3n) is 12.6. The SMILES string of the molecule is COc1c(CN2O[C@@H](CN)[C@@H]([C@H](C)O)[C@H]2C(=O)N[C@H]2C[C@H]3C[C@H]([C@@H]2C)C3(C)C)cccc1-c1cc(CCC[C@H]2CCCO2)cc(N(C)C)c1. The second-order valence-corrected chi connectivity index (χ2v) is 16.1. The highest BCUT2D eigenvalue weighted by Gasteiger charge is 2.57. The number of hydrogen-bond donors (Lipinski definition) is 3. The minimum absolute atomic E-state index is 0.0979. The van der Waals surface area contributed by atoms with Gasteiger partial charge in [0.15, 0.2) is 0 Å². The Kier molecular flexibility index (Phi) is 11.0. The van der Waals surface area contributed by atoms with Crippen molar-refractivity contribution in [2.75, 3.05) is 39.3 Å². The van der Waals surface area contributed by atoms with Crippen LogP contribution in [0.1, 0.15) is 77.3 Å². The van der Waals surface area contributed by atoms with E-state index >= 15 is 0 Å². The van der Waals surface area contributed by atoms with E-state index in [-0.39, 0.29) is 18.5 Å². The van der Waals surface area contributed by atoms with E-state index in [9.17, 15) is 9.90 Å². The monoisotopic (exact) mass is 676 g/mol. The third kappa shape index (κ3) is 7.24. The van der Waals surface area contributed by atoms with Crippen LogP contribution in [0.2, 0.25) is 0 Å². The molecule has 4 N–H and O–H groups in total. The summed E-state index contributed by atoms with van der Waals surface area (Å²) in [4.78, 5) is 22.8. The minimum atomic E-state index is -0.772. The molecule has 270 valence electrons. The second-order valence-electron chi connectivity index (χ2n) is 16.1. The van der Waals surface area contributed by atoms with Gasteiger partial charge in [0, 0.05) is 56.0 Å². The van der Waals surface area contributed by atoms with Crippen LogP contribution in [0.15, 0.2) is 36.4 Å². The predicted octanol–water partition coefficient (Wildman–Crippen LogP) is 5.56. The lowest BCUT2D eigenvalue weighted by Crippen LogP contribution is -2.62. The summed E-state index contributed by atoms with van der Waals surface area (Å²) in [6.07, 6.45) is 6.86. The number of nitrogens with two attached hydrogens (primary N) is 1. The van der Waals surface area contributed by atoms with Crippen molar-refractivity contribution < 1.29 is 24.2 Å². The Hall–Kier alpha value is -2.69. The van der Waals surface area contributed by atoms with E-state index in [2.05, 4.69) is 69.3 Å². The molecule has 0 aromatic heterocycles. The lowest BCUT2D eigenvalue weighted by atomic mass is 9.45. The lowest BCUT2D eigenvalue weighted by Gasteiger charge is -2.62. The fourth-order valence-corrected chi connectivity index (χ4v) is 9.51. The number of nitrogens with zero attached hydrogens (tertiary/aromatic N) is 2. The van der Waals surface area contributed by atoms with Crippen LogP contribution >= 0.6 is 0 Å². The molecule has 49 heavy (non-hydrogen) atoms. The minimum Gasteiger partial charge on any atom is -0.496 e. The molecule has 1 amide bonds. The Morgan fingerprint density at radius 3 is 2.65 bits per heavy atom. The Balaban J connectivity index is 1.25. The van der Waals surface area contributed by atoms with Crippen molar-refractivity contribution in [2.45, 2.75) is 110 Å². The van der Waals surface area contributed by atoms with E-state index in [0.717, 1.165) is 60.4 Å². The Morgan fingerprint density at radius 2 is 2.02 bits per heavy atom. The van der Waals surface area contributed by atoms with E-state index in [0.29, 0.717) is 35.8 Å². The zero-order valence-corrected chi connectivity index (χ0v) is 30.8. The summed E-state index contributed by atoms with van der Waals surface area (Å²) in [6, 6.07) is 12.4. The first kappa shape index (κ1) is 36.1. The summed E-state index contributed by atoms with van der Waals surface area (Å²) < 4.78 is 12.0. The molecule has 9 nitrogen and oxygen atoms in total. The topological polar surface area (TPSA) is 110 Å². The van der Waals surface area contributed by atoms with E-state index in [1.165, 1.54) is 24.8 Å². The van der Waals surface area contributed by atoms with Gasteiger partial charge in [0.1, 0.15) is 11.8 Å². The number of para-hydroxylation sites is 1. The number of ether oxygens (including phenoxy) is 2. The molecule has 9 heteroatoms. The van der Waals surface area contributed by atoms with Crippen molar-refractivity contribution in [2.24, 2.45) is 34.8 Å². The van der Waals surface area contributed by atoms with E-state index < -0.39 is 24.2 Å². The Morgan fingerprint density at radius 1 is 1.22 bits per heavy atom. The van der Waals surface area contributed by atoms with Crippen molar-refractivity contribution >= 4 is 11.6 Å². The van der Waals surface area contributed by atoms with Crippen LogP contribution < -0.4 is 20.7 Å². The zero-order valence-electron chi connectivity index (χ0n) is 30.8. The highest BCUT2D eigenvalue weighted by atomic mass is 16.7. The van der Waals surface area contributed by atoms with Crippen LogP contribution in [0.3, 0.4) is 0 Å². The molecular formula is C40H60N4O5. The average Bonchev–Trinajstić information content (AvgIpc) is 3.73. The summed E-state index contributed by atoms with van der Waals surface area (Å²) in [5.74, 6) is 1.82. The number of fused-ring (bicyclic) bond motifs is 2. The molecule has 0 spiro atoms. The molecule has 3 saturated carbocycles. The molecule has 0 radical (unpaired) electrons. The molecule has 5 fully saturated rings. The number of anilines is 1. The van der Waals surface area contributed by atoms with Crippen molar-refractivity contribution in [1.29, 1.82) is 0 Å². The summed E-state index contributed by atoms with van der Waals surface area (Å²) in [6.45, 7) is 10.2. The molecule has 9 atom stereocenters. The highest BCUT2D eigenvalue weighted by molar-refractivity contribution is 5.83. The van der Waals surface area contributed by atoms with Crippen LogP contribution in [-0.2, 0) is 27.3 Å². The quantitative estimate of drug-likeness (QED) is 0.253. The number of amides is 1. The number of hydrogen-bond acceptors (Lipinski definition) is 8. The molecule has 2 saturated heterocycles. The standard InChI is InChI=1S/C40H60N4O5/c1-24-33-20-29(40(33,3)4)21-34(24)42-39(46)37-36(25(2)45)35(22-41)49-44(37)23-27-12-9-15-32(38(27)47-7)28-17-26(18-30(19-28)43(5)6)11-8-13-31-14-10-16-48-31/h9,12,15,17-19,24-25,29,31,33-37,45H,8,10-11,13-14,16,20-23,41H2,1-7H3,(H,42,46)/t24-,25-,29+,31-,33+,34-,35-,36+,37-/m0/s1. The lowest BCUT2D eigenvalue weighted by molar-refractivity contribution is -0.175. The predicted molar refractivity (Wildman–Crippen MR) is 194 cm³/mol. The van der Waals surface area contributed by atoms with Crippen LogP contribution in [0.4, 0.5) is 5.69 Å². The van der Waals surface area contributed by atoms with Crippen molar-refractivity contribution in [3.8, 4) is 16.9 Å². The third-order valence-corrected chi connectivity index (χ3v) is 12.6. The van der Waals surface area contributed by atoms with Gasteiger partial charge in [0.2, 0.25) is 5.91 Å².